The summed E-state index contributed by atoms with van der Waals surface area (Å²) < 4.78 is 0. The zero-order valence-corrected chi connectivity index (χ0v) is 8.66. The normalized spacial score (nSPS) is 23.4. The molecule has 0 aromatic heterocycles. The van der Waals surface area contributed by atoms with Gasteiger partial charge in [0.15, 0.2) is 0 Å². The van der Waals surface area contributed by atoms with Gasteiger partial charge in [0, 0.05) is 19.1 Å². The summed E-state index contributed by atoms with van der Waals surface area (Å²) in [6.45, 7) is 3.64. The minimum Gasteiger partial charge on any atom is -0.338 e. The molecule has 0 saturated carbocycles. The van der Waals surface area contributed by atoms with Crippen molar-refractivity contribution >= 4 is 5.91 Å². The Labute approximate surface area is 80.0 Å². The van der Waals surface area contributed by atoms with Gasteiger partial charge < -0.3 is 9.80 Å². The number of rotatable bonds is 2. The van der Waals surface area contributed by atoms with Crippen LogP contribution in [0.15, 0.2) is 12.2 Å². The molecule has 74 valence electrons. The Bertz CT molecular complexity index is 211. The zero-order chi connectivity index (χ0) is 9.84. The maximum atomic E-state index is 11.4. The lowest BCUT2D eigenvalue weighted by molar-refractivity contribution is -0.125. The molecule has 1 aliphatic heterocycles. The van der Waals surface area contributed by atoms with E-state index in [9.17, 15) is 4.79 Å². The van der Waals surface area contributed by atoms with Gasteiger partial charge in [0.25, 0.3) is 0 Å². The van der Waals surface area contributed by atoms with E-state index in [-0.39, 0.29) is 5.91 Å². The van der Waals surface area contributed by atoms with Crippen LogP contribution in [0.4, 0.5) is 0 Å². The van der Waals surface area contributed by atoms with E-state index in [0.29, 0.717) is 6.04 Å². The molecule has 0 aromatic rings. The third-order valence-electron chi connectivity index (χ3n) is 2.51. The third kappa shape index (κ3) is 2.56. The second-order valence-electron chi connectivity index (χ2n) is 3.69. The molecule has 1 fully saturated rings. The fourth-order valence-corrected chi connectivity index (χ4v) is 1.61. The molecule has 0 N–H and O–H groups in total. The summed E-state index contributed by atoms with van der Waals surface area (Å²) in [6, 6.07) is 0.536. The van der Waals surface area contributed by atoms with Crippen molar-refractivity contribution in [1.29, 1.82) is 0 Å². The summed E-state index contributed by atoms with van der Waals surface area (Å²) in [6.07, 6.45) is 4.53. The van der Waals surface area contributed by atoms with E-state index in [2.05, 4.69) is 19.0 Å². The Hall–Kier alpha value is -0.830. The number of amides is 1. The van der Waals surface area contributed by atoms with Gasteiger partial charge in [0.2, 0.25) is 5.91 Å². The molecule has 3 nitrogen and oxygen atoms in total. The van der Waals surface area contributed by atoms with Crippen LogP contribution >= 0.6 is 0 Å². The predicted molar refractivity (Wildman–Crippen MR) is 53.5 cm³/mol. The van der Waals surface area contributed by atoms with Crippen LogP contribution in [0, 0.1) is 0 Å². The van der Waals surface area contributed by atoms with E-state index in [4.69, 9.17) is 0 Å². The van der Waals surface area contributed by atoms with Gasteiger partial charge in [-0.2, -0.15) is 0 Å². The highest BCUT2D eigenvalue weighted by atomic mass is 16.2. The van der Waals surface area contributed by atoms with Crippen LogP contribution < -0.4 is 0 Å². The van der Waals surface area contributed by atoms with Gasteiger partial charge in [0.05, 0.1) is 0 Å². The van der Waals surface area contributed by atoms with Gasteiger partial charge >= 0.3 is 0 Å². The van der Waals surface area contributed by atoms with Crippen molar-refractivity contribution in [3.63, 3.8) is 0 Å². The van der Waals surface area contributed by atoms with E-state index >= 15 is 0 Å². The van der Waals surface area contributed by atoms with E-state index < -0.39 is 0 Å². The molecular formula is C10H18N2O. The smallest absolute Gasteiger partial charge is 0.246 e. The lowest BCUT2D eigenvalue weighted by Gasteiger charge is -2.19. The SMILES string of the molecule is C/C=C/C(=O)N1CC[C@H](N(C)C)C1. The summed E-state index contributed by atoms with van der Waals surface area (Å²) >= 11 is 0. The fraction of sp³-hybridized carbons (Fsp3) is 0.700. The van der Waals surface area contributed by atoms with Crippen LogP contribution in [-0.4, -0.2) is 48.9 Å². The number of carbonyl (C=O) groups is 1. The molecule has 0 spiro atoms. The molecule has 3 heteroatoms. The Morgan fingerprint density at radius 3 is 2.69 bits per heavy atom. The number of likely N-dealkylation sites (N-methyl/N-ethyl adjacent to an activating group) is 1. The molecule has 0 radical (unpaired) electrons. The van der Waals surface area contributed by atoms with Crippen molar-refractivity contribution in [2.75, 3.05) is 27.2 Å². The molecular weight excluding hydrogens is 164 g/mol. The van der Waals surface area contributed by atoms with Crippen molar-refractivity contribution < 1.29 is 4.79 Å². The van der Waals surface area contributed by atoms with Crippen LogP contribution in [0.2, 0.25) is 0 Å². The average Bonchev–Trinajstić information content (AvgIpc) is 2.52. The minimum atomic E-state index is 0.145. The number of likely N-dealkylation sites (tertiary alicyclic amines) is 1. The molecule has 1 atom stereocenters. The Kier molecular flexibility index (Phi) is 3.48. The number of carbonyl (C=O) groups excluding carboxylic acids is 1. The summed E-state index contributed by atoms with van der Waals surface area (Å²) in [7, 11) is 4.13. The minimum absolute atomic E-state index is 0.145. The van der Waals surface area contributed by atoms with Crippen LogP contribution in [0.25, 0.3) is 0 Å². The van der Waals surface area contributed by atoms with Gasteiger partial charge in [-0.05, 0) is 33.5 Å². The van der Waals surface area contributed by atoms with Gasteiger partial charge in [0.1, 0.15) is 0 Å². The molecule has 0 unspecified atom stereocenters. The first-order valence-electron chi connectivity index (χ1n) is 4.73. The van der Waals surface area contributed by atoms with Gasteiger partial charge in [-0.25, -0.2) is 0 Å². The Balaban J connectivity index is 2.45. The molecule has 1 heterocycles. The van der Waals surface area contributed by atoms with Crippen molar-refractivity contribution in [2.45, 2.75) is 19.4 Å². The van der Waals surface area contributed by atoms with E-state index in [1.807, 2.05) is 11.8 Å². The van der Waals surface area contributed by atoms with Gasteiger partial charge in [-0.3, -0.25) is 4.79 Å². The van der Waals surface area contributed by atoms with E-state index in [1.165, 1.54) is 0 Å². The first-order chi connectivity index (χ1) is 6.15. The van der Waals surface area contributed by atoms with Crippen molar-refractivity contribution in [3.05, 3.63) is 12.2 Å². The highest BCUT2D eigenvalue weighted by Gasteiger charge is 2.25. The van der Waals surface area contributed by atoms with Crippen LogP contribution in [0.5, 0.6) is 0 Å². The lowest BCUT2D eigenvalue weighted by Crippen LogP contribution is -2.33. The van der Waals surface area contributed by atoms with Crippen LogP contribution in [0.3, 0.4) is 0 Å². The second kappa shape index (κ2) is 4.42. The number of hydrogen-bond acceptors (Lipinski definition) is 2. The Morgan fingerprint density at radius 2 is 2.23 bits per heavy atom. The average molecular weight is 182 g/mol. The summed E-state index contributed by atoms with van der Waals surface area (Å²) in [5.41, 5.74) is 0. The first-order valence-corrected chi connectivity index (χ1v) is 4.73. The highest BCUT2D eigenvalue weighted by Crippen LogP contribution is 2.13. The molecule has 1 aliphatic rings. The van der Waals surface area contributed by atoms with Crippen LogP contribution in [0.1, 0.15) is 13.3 Å². The summed E-state index contributed by atoms with van der Waals surface area (Å²) in [5.74, 6) is 0.145. The molecule has 1 amide bonds. The van der Waals surface area contributed by atoms with Gasteiger partial charge in [-0.1, -0.05) is 6.08 Å². The topological polar surface area (TPSA) is 23.6 Å². The van der Waals surface area contributed by atoms with Crippen LogP contribution in [-0.2, 0) is 4.79 Å². The lowest BCUT2D eigenvalue weighted by atomic mass is 10.2. The molecule has 1 rings (SSSR count). The first kappa shape index (κ1) is 10.3. The molecule has 0 bridgehead atoms. The zero-order valence-electron chi connectivity index (χ0n) is 8.66. The summed E-state index contributed by atoms with van der Waals surface area (Å²) in [4.78, 5) is 15.5. The van der Waals surface area contributed by atoms with Gasteiger partial charge in [-0.15, -0.1) is 0 Å². The largest absolute Gasteiger partial charge is 0.338 e. The Morgan fingerprint density at radius 1 is 1.54 bits per heavy atom. The molecule has 13 heavy (non-hydrogen) atoms. The molecule has 1 saturated heterocycles. The number of allylic oxidation sites excluding steroid dienone is 1. The monoisotopic (exact) mass is 182 g/mol. The maximum Gasteiger partial charge on any atom is 0.246 e. The molecule has 0 aliphatic carbocycles. The molecule has 0 aromatic carbocycles. The quantitative estimate of drug-likeness (QED) is 0.588. The van der Waals surface area contributed by atoms with E-state index in [0.717, 1.165) is 19.5 Å². The second-order valence-corrected chi connectivity index (χ2v) is 3.69. The summed E-state index contributed by atoms with van der Waals surface area (Å²) in [5, 5.41) is 0. The predicted octanol–water partition coefficient (Wildman–Crippen LogP) is 0.725. The fourth-order valence-electron chi connectivity index (χ4n) is 1.61. The number of nitrogens with zero attached hydrogens (tertiary/aromatic N) is 2. The van der Waals surface area contributed by atoms with Crippen molar-refractivity contribution in [3.8, 4) is 0 Å². The van der Waals surface area contributed by atoms with Crippen molar-refractivity contribution in [2.24, 2.45) is 0 Å². The van der Waals surface area contributed by atoms with E-state index in [1.54, 1.807) is 12.2 Å². The highest BCUT2D eigenvalue weighted by molar-refractivity contribution is 5.87. The number of hydrogen-bond donors (Lipinski definition) is 0. The standard InChI is InChI=1S/C10H18N2O/c1-4-5-10(13)12-7-6-9(8-12)11(2)3/h4-5,9H,6-8H2,1-3H3/b5-4+/t9-/m0/s1. The van der Waals surface area contributed by atoms with Crippen molar-refractivity contribution in [1.82, 2.24) is 9.80 Å². The maximum absolute atomic E-state index is 11.4. The third-order valence-corrected chi connectivity index (χ3v) is 2.51.